The summed E-state index contributed by atoms with van der Waals surface area (Å²) in [5.41, 5.74) is 0.0373. The van der Waals surface area contributed by atoms with Gasteiger partial charge in [0.05, 0.1) is 23.8 Å². The van der Waals surface area contributed by atoms with Crippen molar-refractivity contribution >= 4 is 85.9 Å². The van der Waals surface area contributed by atoms with Crippen LogP contribution in [0.15, 0.2) is 41.3 Å². The third-order valence-corrected chi connectivity index (χ3v) is 14.8. The molecule has 0 radical (unpaired) electrons. The minimum Gasteiger partial charge on any atom is -0.462 e. The zero-order chi connectivity index (χ0) is 39.8. The Hall–Kier alpha value is -3.37. The van der Waals surface area contributed by atoms with Crippen LogP contribution in [-0.2, 0) is 51.8 Å². The predicted octanol–water partition coefficient (Wildman–Crippen LogP) is 6.52. The molecule has 2 N–H and O–H groups in total. The smallest absolute Gasteiger partial charge is 0.410 e. The quantitative estimate of drug-likeness (QED) is 0.233. The first-order valence-electron chi connectivity index (χ1n) is 19.0. The highest BCUT2D eigenvalue weighted by molar-refractivity contribution is 7.90. The van der Waals surface area contributed by atoms with E-state index in [4.69, 9.17) is 44.3 Å². The van der Waals surface area contributed by atoms with Crippen molar-refractivity contribution in [2.24, 2.45) is 11.8 Å². The van der Waals surface area contributed by atoms with Crippen LogP contribution in [0.5, 0.6) is 0 Å². The summed E-state index contributed by atoms with van der Waals surface area (Å²) in [6, 6.07) is 5.36. The number of rotatable bonds is 7. The number of ether oxygens (including phenoxy) is 2. The molecule has 3 aliphatic heterocycles. The van der Waals surface area contributed by atoms with Crippen molar-refractivity contribution in [1.29, 1.82) is 0 Å². The molecule has 3 fully saturated rings. The number of hydrogen-bond acceptors (Lipinski definition) is 10. The van der Waals surface area contributed by atoms with Crippen molar-refractivity contribution < 1.29 is 41.9 Å². The molecule has 5 atom stereocenters. The van der Waals surface area contributed by atoms with Gasteiger partial charge in [0.15, 0.2) is 0 Å². The first-order chi connectivity index (χ1) is 26.7. The van der Waals surface area contributed by atoms with E-state index in [-0.39, 0.29) is 58.6 Å². The summed E-state index contributed by atoms with van der Waals surface area (Å²) in [5, 5.41) is 3.33. The van der Waals surface area contributed by atoms with E-state index in [9.17, 15) is 32.4 Å². The Bertz CT molecular complexity index is 2040. The average molecular weight is 870 g/mol. The van der Waals surface area contributed by atoms with Gasteiger partial charge in [-0.3, -0.25) is 24.1 Å². The minimum absolute atomic E-state index is 0.0936. The van der Waals surface area contributed by atoms with Crippen LogP contribution in [0.2, 0.25) is 13.7 Å². The van der Waals surface area contributed by atoms with Crippen LogP contribution < -0.4 is 10.0 Å². The number of allylic oxidation sites excluding steroid dienone is 1. The number of carbonyl (C=O) groups excluding carboxylic acids is 5. The van der Waals surface area contributed by atoms with Crippen molar-refractivity contribution in [3.8, 4) is 0 Å². The highest BCUT2D eigenvalue weighted by Crippen LogP contribution is 2.46. The number of amides is 4. The van der Waals surface area contributed by atoms with E-state index in [1.54, 1.807) is 18.2 Å². The SMILES string of the molecule is O=C(C[C@H]1CCCCC/C=C\[C@@H]2C[C@@]2(C(=O)NS(=O)(=O)c2cc(Cl)sc2Cl)NC(=O)[C@@H]2C[C@@H](OC(=O)N3Cc4cccc(Cl)c4C3)CN2C1=O)OC1CCCC1. The Morgan fingerprint density at radius 3 is 2.48 bits per heavy atom. The van der Waals surface area contributed by atoms with E-state index >= 15 is 0 Å². The Morgan fingerprint density at radius 2 is 1.75 bits per heavy atom. The molecule has 4 amide bonds. The van der Waals surface area contributed by atoms with Gasteiger partial charge in [-0.15, -0.1) is 11.3 Å². The monoisotopic (exact) mass is 868 g/mol. The summed E-state index contributed by atoms with van der Waals surface area (Å²) in [4.78, 5) is 72.0. The van der Waals surface area contributed by atoms with E-state index in [0.717, 1.165) is 67.1 Å². The third kappa shape index (κ3) is 8.86. The summed E-state index contributed by atoms with van der Waals surface area (Å²) >= 11 is 19.3. The zero-order valence-electron chi connectivity index (χ0n) is 30.5. The topological polar surface area (TPSA) is 168 Å². The summed E-state index contributed by atoms with van der Waals surface area (Å²) in [5.74, 6) is -3.98. The molecule has 1 aromatic carbocycles. The molecule has 18 heteroatoms. The Balaban J connectivity index is 1.14. The molecule has 2 aromatic rings. The van der Waals surface area contributed by atoms with Gasteiger partial charge in [0.2, 0.25) is 11.8 Å². The van der Waals surface area contributed by atoms with E-state index in [2.05, 4.69) is 10.0 Å². The molecule has 0 spiro atoms. The molecule has 0 bridgehead atoms. The Morgan fingerprint density at radius 1 is 0.982 bits per heavy atom. The van der Waals surface area contributed by atoms with Gasteiger partial charge in [0, 0.05) is 29.8 Å². The number of nitrogens with one attached hydrogen (secondary N) is 2. The number of benzene rings is 1. The largest absolute Gasteiger partial charge is 0.462 e. The fourth-order valence-corrected chi connectivity index (χ4v) is 11.7. The number of sulfonamides is 1. The van der Waals surface area contributed by atoms with E-state index in [1.165, 1.54) is 9.80 Å². The normalized spacial score (nSPS) is 27.6. The number of nitrogens with zero attached hydrogens (tertiary/aromatic N) is 2. The lowest BCUT2D eigenvalue weighted by atomic mass is 9.95. The van der Waals surface area contributed by atoms with Crippen LogP contribution in [-0.4, -0.2) is 78.3 Å². The molecule has 4 heterocycles. The van der Waals surface area contributed by atoms with Gasteiger partial charge in [-0.05, 0) is 74.6 Å². The van der Waals surface area contributed by atoms with Gasteiger partial charge < -0.3 is 19.7 Å². The maximum absolute atomic E-state index is 14.5. The molecule has 302 valence electrons. The highest BCUT2D eigenvalue weighted by Gasteiger charge is 2.62. The number of thiophene rings is 1. The van der Waals surface area contributed by atoms with E-state index in [0.29, 0.717) is 24.3 Å². The first kappa shape index (κ1) is 40.8. The maximum atomic E-state index is 14.5. The Kier molecular flexibility index (Phi) is 12.3. The van der Waals surface area contributed by atoms with Gasteiger partial charge >= 0.3 is 12.1 Å². The third-order valence-electron chi connectivity index (χ3n) is 11.4. The highest BCUT2D eigenvalue weighted by atomic mass is 35.5. The van der Waals surface area contributed by atoms with Crippen LogP contribution in [0.4, 0.5) is 4.79 Å². The molecule has 1 aromatic heterocycles. The number of esters is 1. The number of hydrogen-bond donors (Lipinski definition) is 2. The molecule has 13 nitrogen and oxygen atoms in total. The van der Waals surface area contributed by atoms with Crippen LogP contribution in [0, 0.1) is 11.8 Å². The zero-order valence-corrected chi connectivity index (χ0v) is 34.4. The molecule has 7 rings (SSSR count). The molecule has 5 aliphatic rings. The van der Waals surface area contributed by atoms with Crippen molar-refractivity contribution in [1.82, 2.24) is 19.8 Å². The maximum Gasteiger partial charge on any atom is 0.410 e. The fourth-order valence-electron chi connectivity index (χ4n) is 8.24. The molecule has 1 saturated heterocycles. The van der Waals surface area contributed by atoms with Crippen LogP contribution >= 0.6 is 46.1 Å². The van der Waals surface area contributed by atoms with Crippen molar-refractivity contribution in [2.45, 2.75) is 119 Å². The van der Waals surface area contributed by atoms with Crippen LogP contribution in [0.25, 0.3) is 0 Å². The van der Waals surface area contributed by atoms with Gasteiger partial charge in [0.25, 0.3) is 15.9 Å². The van der Waals surface area contributed by atoms with Gasteiger partial charge in [-0.1, -0.05) is 71.9 Å². The van der Waals surface area contributed by atoms with Crippen LogP contribution in [0.1, 0.15) is 88.2 Å². The number of fused-ring (bicyclic) bond motifs is 3. The van der Waals surface area contributed by atoms with Gasteiger partial charge in [-0.25, -0.2) is 17.9 Å². The second kappa shape index (κ2) is 16.8. The molecular weight excluding hydrogens is 827 g/mol. The summed E-state index contributed by atoms with van der Waals surface area (Å²) in [6.45, 7) is 0.376. The average Bonchev–Trinajstić information content (AvgIpc) is 3.70. The number of halogens is 3. The second-order valence-electron chi connectivity index (χ2n) is 15.2. The fraction of sp³-hybridized carbons (Fsp3) is 0.553. The van der Waals surface area contributed by atoms with E-state index < -0.39 is 69.3 Å². The molecule has 56 heavy (non-hydrogen) atoms. The lowest BCUT2D eigenvalue weighted by Gasteiger charge is -2.29. The van der Waals surface area contributed by atoms with Crippen LogP contribution in [0.3, 0.4) is 0 Å². The summed E-state index contributed by atoms with van der Waals surface area (Å²) < 4.78 is 40.4. The predicted molar refractivity (Wildman–Crippen MR) is 208 cm³/mol. The molecule has 2 saturated carbocycles. The van der Waals surface area contributed by atoms with Crippen molar-refractivity contribution in [3.63, 3.8) is 0 Å². The molecule has 0 unspecified atom stereocenters. The molecular formula is C38H43Cl3N4O9S2. The molecule has 2 aliphatic carbocycles. The van der Waals surface area contributed by atoms with Crippen molar-refractivity contribution in [3.05, 3.63) is 61.2 Å². The minimum atomic E-state index is -4.48. The summed E-state index contributed by atoms with van der Waals surface area (Å²) in [7, 11) is -4.48. The van der Waals surface area contributed by atoms with Crippen molar-refractivity contribution in [2.75, 3.05) is 6.54 Å². The lowest BCUT2D eigenvalue weighted by Crippen LogP contribution is -2.56. The standard InChI is InChI=1S/C38H43Cl3N4O9S2/c39-28-14-8-10-23-19-44(21-27(23)28)37(50)54-26-16-29-34(47)42-38(36(49)43-56(51,52)30-17-31(40)55-33(30)41)18-24(38)11-5-3-1-2-4-9-22(35(48)45(29)20-26)15-32(46)53-25-12-6-7-13-25/h5,8,10-11,14,17,22,24-26,29H,1-4,6-7,9,12-13,15-16,18-21H2,(H,42,47)(H,43,49)/b11-5-/t22-,24-,26-,29+,38-/m1/s1. The van der Waals surface area contributed by atoms with E-state index in [1.807, 2.05) is 12.1 Å². The Labute approximate surface area is 344 Å². The van der Waals surface area contributed by atoms with Gasteiger partial charge in [0.1, 0.15) is 33.0 Å². The number of carbonyl (C=O) groups is 5. The first-order valence-corrected chi connectivity index (χ1v) is 22.4. The second-order valence-corrected chi connectivity index (χ2v) is 19.6. The van der Waals surface area contributed by atoms with Gasteiger partial charge in [-0.2, -0.15) is 0 Å². The lowest BCUT2D eigenvalue weighted by molar-refractivity contribution is -0.154. The summed E-state index contributed by atoms with van der Waals surface area (Å²) in [6.07, 6.45) is 8.50.